The lowest BCUT2D eigenvalue weighted by Crippen LogP contribution is -2.38. The van der Waals surface area contributed by atoms with Crippen LogP contribution in [0, 0.1) is 13.8 Å². The van der Waals surface area contributed by atoms with E-state index in [0.717, 1.165) is 60.7 Å². The monoisotopic (exact) mass is 558 g/mol. The zero-order chi connectivity index (χ0) is 22.9. The second-order valence-corrected chi connectivity index (χ2v) is 8.54. The second kappa shape index (κ2) is 13.6. The van der Waals surface area contributed by atoms with E-state index in [1.165, 1.54) is 0 Å². The summed E-state index contributed by atoms with van der Waals surface area (Å²) in [7, 11) is 1.96. The standard InChI is InChI=1S/C23H38N6O2.HI/c1-8-30-13-9-12-24-22(26-16-21-28-27-18(3)29(21)7)25-15-19-11-10-17(2)14-20(19)31-23(4,5)6;/h10-11,14H,8-9,12-13,15-16H2,1-7H3,(H2,24,25,26);1H. The van der Waals surface area contributed by atoms with Gasteiger partial charge in [0.1, 0.15) is 17.2 Å². The molecule has 0 saturated carbocycles. The van der Waals surface area contributed by atoms with Crippen LogP contribution in [0.2, 0.25) is 0 Å². The minimum Gasteiger partial charge on any atom is -0.488 e. The van der Waals surface area contributed by atoms with Gasteiger partial charge in [-0.1, -0.05) is 12.1 Å². The summed E-state index contributed by atoms with van der Waals surface area (Å²) in [5.41, 5.74) is 1.94. The normalized spacial score (nSPS) is 11.8. The molecule has 9 heteroatoms. The lowest BCUT2D eigenvalue weighted by Gasteiger charge is -2.23. The van der Waals surface area contributed by atoms with E-state index in [4.69, 9.17) is 14.5 Å². The number of aliphatic imine (C=N–C) groups is 1. The van der Waals surface area contributed by atoms with E-state index in [-0.39, 0.29) is 29.6 Å². The van der Waals surface area contributed by atoms with Gasteiger partial charge in [0.15, 0.2) is 11.8 Å². The predicted octanol–water partition coefficient (Wildman–Crippen LogP) is 3.89. The first-order valence-corrected chi connectivity index (χ1v) is 10.9. The maximum absolute atomic E-state index is 6.17. The summed E-state index contributed by atoms with van der Waals surface area (Å²) in [5.74, 6) is 3.33. The first-order valence-electron chi connectivity index (χ1n) is 10.9. The van der Waals surface area contributed by atoms with Crippen LogP contribution in [0.3, 0.4) is 0 Å². The topological polar surface area (TPSA) is 85.6 Å². The Labute approximate surface area is 209 Å². The van der Waals surface area contributed by atoms with Crippen molar-refractivity contribution < 1.29 is 9.47 Å². The Morgan fingerprint density at radius 2 is 1.91 bits per heavy atom. The Balaban J connectivity index is 0.00000512. The van der Waals surface area contributed by atoms with Gasteiger partial charge in [0.2, 0.25) is 0 Å². The number of halogens is 1. The van der Waals surface area contributed by atoms with Gasteiger partial charge in [0.25, 0.3) is 0 Å². The largest absolute Gasteiger partial charge is 0.488 e. The van der Waals surface area contributed by atoms with Gasteiger partial charge in [-0.25, -0.2) is 4.99 Å². The molecule has 32 heavy (non-hydrogen) atoms. The fourth-order valence-electron chi connectivity index (χ4n) is 2.85. The van der Waals surface area contributed by atoms with Gasteiger partial charge < -0.3 is 24.7 Å². The molecular formula is C23H39IN6O2. The molecule has 8 nitrogen and oxygen atoms in total. The minimum atomic E-state index is -0.270. The highest BCUT2D eigenvalue weighted by Gasteiger charge is 2.15. The molecule has 180 valence electrons. The molecule has 0 unspecified atom stereocenters. The molecule has 0 atom stereocenters. The first-order chi connectivity index (χ1) is 14.7. The minimum absolute atomic E-state index is 0. The zero-order valence-corrected chi connectivity index (χ0v) is 22.8. The summed E-state index contributed by atoms with van der Waals surface area (Å²) in [6, 6.07) is 6.24. The number of benzene rings is 1. The summed E-state index contributed by atoms with van der Waals surface area (Å²) in [5, 5.41) is 15.1. The lowest BCUT2D eigenvalue weighted by molar-refractivity contribution is 0.129. The average Bonchev–Trinajstić information content (AvgIpc) is 3.01. The number of hydrogen-bond donors (Lipinski definition) is 2. The summed E-state index contributed by atoms with van der Waals surface area (Å²) < 4.78 is 13.6. The van der Waals surface area contributed by atoms with Crippen LogP contribution in [0.5, 0.6) is 5.75 Å². The van der Waals surface area contributed by atoms with Crippen molar-refractivity contribution in [3.05, 3.63) is 41.0 Å². The van der Waals surface area contributed by atoms with Crippen LogP contribution in [0.1, 0.15) is 56.9 Å². The highest BCUT2D eigenvalue weighted by atomic mass is 127. The number of rotatable bonds is 10. The van der Waals surface area contributed by atoms with Crippen LogP contribution in [-0.4, -0.2) is 46.1 Å². The smallest absolute Gasteiger partial charge is 0.191 e. The van der Waals surface area contributed by atoms with Crippen molar-refractivity contribution >= 4 is 29.9 Å². The molecule has 2 N–H and O–H groups in total. The van der Waals surface area contributed by atoms with Gasteiger partial charge in [0, 0.05) is 32.4 Å². The number of guanidine groups is 1. The molecule has 0 aliphatic carbocycles. The molecule has 2 rings (SSSR count). The lowest BCUT2D eigenvalue weighted by atomic mass is 10.1. The average molecular weight is 559 g/mol. The fraction of sp³-hybridized carbons (Fsp3) is 0.609. The third kappa shape index (κ3) is 9.72. The van der Waals surface area contributed by atoms with Crippen LogP contribution in [0.25, 0.3) is 0 Å². The summed E-state index contributed by atoms with van der Waals surface area (Å²) in [6.45, 7) is 15.4. The molecule has 0 spiro atoms. The molecule has 0 saturated heterocycles. The van der Waals surface area contributed by atoms with E-state index in [9.17, 15) is 0 Å². The molecule has 1 heterocycles. The number of hydrogen-bond acceptors (Lipinski definition) is 5. The van der Waals surface area contributed by atoms with Gasteiger partial charge in [-0.3, -0.25) is 0 Å². The molecule has 2 aromatic rings. The van der Waals surface area contributed by atoms with Crippen molar-refractivity contribution in [2.24, 2.45) is 12.0 Å². The van der Waals surface area contributed by atoms with E-state index >= 15 is 0 Å². The highest BCUT2D eigenvalue weighted by Crippen LogP contribution is 2.25. The van der Waals surface area contributed by atoms with Gasteiger partial charge in [0.05, 0.1) is 13.1 Å². The molecule has 1 aromatic heterocycles. The van der Waals surface area contributed by atoms with Crippen LogP contribution in [0.15, 0.2) is 23.2 Å². The number of aryl methyl sites for hydroxylation is 2. The third-order valence-corrected chi connectivity index (χ3v) is 4.61. The van der Waals surface area contributed by atoms with Gasteiger partial charge in [-0.05, 0) is 59.6 Å². The quantitative estimate of drug-likeness (QED) is 0.199. The molecule has 0 aliphatic heterocycles. The number of ether oxygens (including phenoxy) is 2. The van der Waals surface area contributed by atoms with Crippen molar-refractivity contribution in [2.45, 2.75) is 66.7 Å². The van der Waals surface area contributed by atoms with Crippen molar-refractivity contribution in [3.8, 4) is 5.75 Å². The molecule has 0 radical (unpaired) electrons. The van der Waals surface area contributed by atoms with Crippen molar-refractivity contribution in [1.82, 2.24) is 25.4 Å². The Hall–Kier alpha value is -1.88. The first kappa shape index (κ1) is 28.2. The SMILES string of the molecule is CCOCCCNC(=NCc1ccc(C)cc1OC(C)(C)C)NCc1nnc(C)n1C.I. The van der Waals surface area contributed by atoms with Gasteiger partial charge in [-0.2, -0.15) is 0 Å². The van der Waals surface area contributed by atoms with E-state index in [0.29, 0.717) is 13.1 Å². The van der Waals surface area contributed by atoms with E-state index in [2.05, 4.69) is 66.7 Å². The molecule has 0 amide bonds. The molecule has 1 aromatic carbocycles. The maximum atomic E-state index is 6.17. The Kier molecular flexibility index (Phi) is 12.0. The van der Waals surface area contributed by atoms with E-state index in [1.54, 1.807) is 0 Å². The molecule has 0 bridgehead atoms. The van der Waals surface area contributed by atoms with Crippen molar-refractivity contribution in [1.29, 1.82) is 0 Å². The predicted molar refractivity (Wildman–Crippen MR) is 140 cm³/mol. The summed E-state index contributed by atoms with van der Waals surface area (Å²) in [4.78, 5) is 4.80. The van der Waals surface area contributed by atoms with Gasteiger partial charge in [-0.15, -0.1) is 34.2 Å². The molecule has 0 fully saturated rings. The van der Waals surface area contributed by atoms with Crippen LogP contribution in [0.4, 0.5) is 0 Å². The summed E-state index contributed by atoms with van der Waals surface area (Å²) in [6.07, 6.45) is 0.903. The highest BCUT2D eigenvalue weighted by molar-refractivity contribution is 14.0. The maximum Gasteiger partial charge on any atom is 0.191 e. The number of nitrogens with one attached hydrogen (secondary N) is 2. The molecule has 0 aliphatic rings. The van der Waals surface area contributed by atoms with Gasteiger partial charge >= 0.3 is 0 Å². The zero-order valence-electron chi connectivity index (χ0n) is 20.5. The fourth-order valence-corrected chi connectivity index (χ4v) is 2.85. The van der Waals surface area contributed by atoms with E-state index < -0.39 is 0 Å². The van der Waals surface area contributed by atoms with Crippen LogP contribution < -0.4 is 15.4 Å². The number of nitrogens with zero attached hydrogens (tertiary/aromatic N) is 4. The van der Waals surface area contributed by atoms with E-state index in [1.807, 2.05) is 25.5 Å². The van der Waals surface area contributed by atoms with Crippen molar-refractivity contribution in [2.75, 3.05) is 19.8 Å². The number of aromatic nitrogens is 3. The van der Waals surface area contributed by atoms with Crippen LogP contribution >= 0.6 is 24.0 Å². The second-order valence-electron chi connectivity index (χ2n) is 8.54. The molecular weight excluding hydrogens is 519 g/mol. The summed E-state index contributed by atoms with van der Waals surface area (Å²) >= 11 is 0. The Bertz CT molecular complexity index is 861. The van der Waals surface area contributed by atoms with Crippen LogP contribution in [-0.2, 0) is 24.9 Å². The Morgan fingerprint density at radius 3 is 2.53 bits per heavy atom. The third-order valence-electron chi connectivity index (χ3n) is 4.61. The van der Waals surface area contributed by atoms with Crippen molar-refractivity contribution in [3.63, 3.8) is 0 Å². The Morgan fingerprint density at radius 1 is 1.16 bits per heavy atom.